The highest BCUT2D eigenvalue weighted by Gasteiger charge is 2.14. The molecule has 2 aromatic rings. The molecule has 1 atom stereocenters. The van der Waals surface area contributed by atoms with Gasteiger partial charge in [0.05, 0.1) is 12.8 Å². The molecule has 1 aromatic heterocycles. The first-order valence-electron chi connectivity index (χ1n) is 8.64. The van der Waals surface area contributed by atoms with E-state index in [1.54, 1.807) is 14.2 Å². The van der Waals surface area contributed by atoms with Crippen molar-refractivity contribution in [1.29, 1.82) is 0 Å². The molecule has 0 saturated carbocycles. The molecular formula is C19H28BrN5O. The molecule has 2 N–H and O–H groups in total. The number of aryl methyl sites for hydroxylation is 2. The number of rotatable bonds is 6. The number of aromatic nitrogens is 2. The summed E-state index contributed by atoms with van der Waals surface area (Å²) >= 11 is 3.51. The monoisotopic (exact) mass is 421 g/mol. The molecule has 0 spiro atoms. The molecular weight excluding hydrogens is 394 g/mol. The molecule has 0 amide bonds. The van der Waals surface area contributed by atoms with E-state index in [-0.39, 0.29) is 6.04 Å². The fraction of sp³-hybridized carbons (Fsp3) is 0.474. The Morgan fingerprint density at radius 3 is 2.69 bits per heavy atom. The SMILES string of the molecule is CN=C(NCc1cc(Br)ccc1OC)NC(C)Cc1c(C)nn(C)c1C. The Morgan fingerprint density at radius 2 is 2.12 bits per heavy atom. The maximum atomic E-state index is 5.42. The zero-order chi connectivity index (χ0) is 19.3. The van der Waals surface area contributed by atoms with E-state index in [2.05, 4.69) is 57.4 Å². The first kappa shape index (κ1) is 20.3. The summed E-state index contributed by atoms with van der Waals surface area (Å²) in [5.41, 5.74) is 4.64. The van der Waals surface area contributed by atoms with Crippen LogP contribution in [-0.4, -0.2) is 35.9 Å². The van der Waals surface area contributed by atoms with Gasteiger partial charge < -0.3 is 15.4 Å². The molecule has 1 heterocycles. The van der Waals surface area contributed by atoms with Crippen LogP contribution in [0.25, 0.3) is 0 Å². The van der Waals surface area contributed by atoms with Crippen molar-refractivity contribution in [2.45, 2.75) is 39.8 Å². The fourth-order valence-corrected chi connectivity index (χ4v) is 3.37. The lowest BCUT2D eigenvalue weighted by Gasteiger charge is -2.19. The highest BCUT2D eigenvalue weighted by atomic mass is 79.9. The predicted molar refractivity (Wildman–Crippen MR) is 110 cm³/mol. The first-order valence-corrected chi connectivity index (χ1v) is 9.43. The van der Waals surface area contributed by atoms with Crippen molar-refractivity contribution >= 4 is 21.9 Å². The molecule has 142 valence electrons. The first-order chi connectivity index (χ1) is 12.3. The van der Waals surface area contributed by atoms with E-state index in [1.807, 2.05) is 29.9 Å². The summed E-state index contributed by atoms with van der Waals surface area (Å²) in [5, 5.41) is 11.3. The third-order valence-corrected chi connectivity index (χ3v) is 4.96. The number of methoxy groups -OCH3 is 1. The normalized spacial score (nSPS) is 12.8. The second kappa shape index (κ2) is 9.07. The highest BCUT2D eigenvalue weighted by Crippen LogP contribution is 2.22. The highest BCUT2D eigenvalue weighted by molar-refractivity contribution is 9.10. The van der Waals surface area contributed by atoms with Gasteiger partial charge in [-0.25, -0.2) is 0 Å². The van der Waals surface area contributed by atoms with Gasteiger partial charge in [0.25, 0.3) is 0 Å². The van der Waals surface area contributed by atoms with Gasteiger partial charge in [-0.2, -0.15) is 5.10 Å². The van der Waals surface area contributed by atoms with Crippen LogP contribution in [0.15, 0.2) is 27.7 Å². The number of hydrogen-bond donors (Lipinski definition) is 2. The van der Waals surface area contributed by atoms with E-state index in [0.29, 0.717) is 6.54 Å². The Morgan fingerprint density at radius 1 is 1.38 bits per heavy atom. The predicted octanol–water partition coefficient (Wildman–Crippen LogP) is 3.10. The van der Waals surface area contributed by atoms with Gasteiger partial charge in [-0.3, -0.25) is 9.67 Å². The number of nitrogens with zero attached hydrogens (tertiary/aromatic N) is 3. The van der Waals surface area contributed by atoms with E-state index in [9.17, 15) is 0 Å². The van der Waals surface area contributed by atoms with E-state index in [4.69, 9.17) is 4.74 Å². The van der Waals surface area contributed by atoms with Crippen LogP contribution in [0.3, 0.4) is 0 Å². The average Bonchev–Trinajstić information content (AvgIpc) is 2.84. The Bertz CT molecular complexity index is 784. The summed E-state index contributed by atoms with van der Waals surface area (Å²) < 4.78 is 8.38. The van der Waals surface area contributed by atoms with Crippen molar-refractivity contribution in [3.8, 4) is 5.75 Å². The molecule has 7 heteroatoms. The van der Waals surface area contributed by atoms with Gasteiger partial charge in [-0.1, -0.05) is 15.9 Å². The lowest BCUT2D eigenvalue weighted by molar-refractivity contribution is 0.409. The number of guanidine groups is 1. The molecule has 6 nitrogen and oxygen atoms in total. The number of benzene rings is 1. The summed E-state index contributed by atoms with van der Waals surface area (Å²) in [7, 11) is 5.44. The van der Waals surface area contributed by atoms with Crippen LogP contribution in [0.2, 0.25) is 0 Å². The quantitative estimate of drug-likeness (QED) is 0.555. The summed E-state index contributed by atoms with van der Waals surface area (Å²) in [5.74, 6) is 1.62. The van der Waals surface area contributed by atoms with Gasteiger partial charge in [-0.15, -0.1) is 0 Å². The Labute approximate surface area is 164 Å². The fourth-order valence-electron chi connectivity index (χ4n) is 2.96. The molecule has 0 bridgehead atoms. The smallest absolute Gasteiger partial charge is 0.191 e. The van der Waals surface area contributed by atoms with Gasteiger partial charge >= 0.3 is 0 Å². The lowest BCUT2D eigenvalue weighted by atomic mass is 10.1. The third-order valence-electron chi connectivity index (χ3n) is 4.46. The molecule has 1 aromatic carbocycles. The van der Waals surface area contributed by atoms with Crippen LogP contribution in [0, 0.1) is 13.8 Å². The minimum atomic E-state index is 0.229. The van der Waals surface area contributed by atoms with Crippen molar-refractivity contribution in [2.24, 2.45) is 12.0 Å². The van der Waals surface area contributed by atoms with Crippen molar-refractivity contribution < 1.29 is 4.74 Å². The van der Waals surface area contributed by atoms with Crippen LogP contribution >= 0.6 is 15.9 Å². The van der Waals surface area contributed by atoms with Crippen LogP contribution in [0.4, 0.5) is 0 Å². The van der Waals surface area contributed by atoms with Crippen LogP contribution in [0.5, 0.6) is 5.75 Å². The van der Waals surface area contributed by atoms with E-state index in [0.717, 1.165) is 33.9 Å². The Kier molecular flexibility index (Phi) is 7.08. The Hall–Kier alpha value is -2.02. The number of hydrogen-bond acceptors (Lipinski definition) is 3. The molecule has 0 saturated heterocycles. The minimum Gasteiger partial charge on any atom is -0.496 e. The van der Waals surface area contributed by atoms with Crippen molar-refractivity contribution in [1.82, 2.24) is 20.4 Å². The molecule has 2 rings (SSSR count). The van der Waals surface area contributed by atoms with E-state index >= 15 is 0 Å². The second-order valence-corrected chi connectivity index (χ2v) is 7.32. The molecule has 26 heavy (non-hydrogen) atoms. The van der Waals surface area contributed by atoms with Crippen molar-refractivity contribution in [3.63, 3.8) is 0 Å². The number of aliphatic imine (C=N–C) groups is 1. The summed E-state index contributed by atoms with van der Waals surface area (Å²) in [4.78, 5) is 4.33. The molecule has 1 unspecified atom stereocenters. The Balaban J connectivity index is 1.98. The largest absolute Gasteiger partial charge is 0.496 e. The van der Waals surface area contributed by atoms with Gasteiger partial charge in [0, 0.05) is 42.4 Å². The topological polar surface area (TPSA) is 63.5 Å². The zero-order valence-electron chi connectivity index (χ0n) is 16.4. The van der Waals surface area contributed by atoms with Crippen LogP contribution in [-0.2, 0) is 20.0 Å². The van der Waals surface area contributed by atoms with Crippen LogP contribution < -0.4 is 15.4 Å². The van der Waals surface area contributed by atoms with Gasteiger partial charge in [0.2, 0.25) is 0 Å². The lowest BCUT2D eigenvalue weighted by Crippen LogP contribution is -2.42. The standard InChI is InChI=1S/C19H28BrN5O/c1-12(9-17-13(2)24-25(5)14(17)3)23-19(21-4)22-11-15-10-16(20)7-8-18(15)26-6/h7-8,10,12H,9,11H2,1-6H3,(H2,21,22,23). The van der Waals surface area contributed by atoms with E-state index < -0.39 is 0 Å². The molecule has 0 aliphatic heterocycles. The molecule has 0 radical (unpaired) electrons. The van der Waals surface area contributed by atoms with Gasteiger partial charge in [-0.05, 0) is 51.0 Å². The number of halogens is 1. The van der Waals surface area contributed by atoms with Crippen LogP contribution in [0.1, 0.15) is 29.4 Å². The van der Waals surface area contributed by atoms with E-state index in [1.165, 1.54) is 11.3 Å². The van der Waals surface area contributed by atoms with Crippen molar-refractivity contribution in [3.05, 3.63) is 45.2 Å². The average molecular weight is 422 g/mol. The van der Waals surface area contributed by atoms with Gasteiger partial charge in [0.15, 0.2) is 5.96 Å². The number of ether oxygens (including phenoxy) is 1. The molecule has 0 aliphatic rings. The minimum absolute atomic E-state index is 0.229. The molecule has 0 aliphatic carbocycles. The second-order valence-electron chi connectivity index (χ2n) is 6.40. The van der Waals surface area contributed by atoms with Crippen molar-refractivity contribution in [2.75, 3.05) is 14.2 Å². The third kappa shape index (κ3) is 5.00. The zero-order valence-corrected chi connectivity index (χ0v) is 17.9. The summed E-state index contributed by atoms with van der Waals surface area (Å²) in [6.45, 7) is 6.94. The van der Waals surface area contributed by atoms with Gasteiger partial charge in [0.1, 0.15) is 5.75 Å². The summed E-state index contributed by atoms with van der Waals surface area (Å²) in [6.07, 6.45) is 0.895. The summed E-state index contributed by atoms with van der Waals surface area (Å²) in [6, 6.07) is 6.20. The maximum Gasteiger partial charge on any atom is 0.191 e. The maximum absolute atomic E-state index is 5.42. The number of nitrogens with one attached hydrogen (secondary N) is 2. The molecule has 0 fully saturated rings.